The Labute approximate surface area is 102 Å². The molecule has 0 aliphatic heterocycles. The van der Waals surface area contributed by atoms with E-state index in [2.05, 4.69) is 6.58 Å². The molecule has 3 nitrogen and oxygen atoms in total. The molecule has 1 unspecified atom stereocenters. The lowest BCUT2D eigenvalue weighted by atomic mass is 10.0. The summed E-state index contributed by atoms with van der Waals surface area (Å²) in [6.45, 7) is 6.07. The third-order valence-corrected chi connectivity index (χ3v) is 2.55. The molecule has 17 heavy (non-hydrogen) atoms. The Morgan fingerprint density at radius 1 is 1.41 bits per heavy atom. The number of rotatable bonds is 7. The highest BCUT2D eigenvalue weighted by Crippen LogP contribution is 2.24. The average Bonchev–Trinajstić information content (AvgIpc) is 2.35. The normalized spacial score (nSPS) is 12.1. The molecule has 0 saturated carbocycles. The highest BCUT2D eigenvalue weighted by molar-refractivity contribution is 5.85. The molecular formula is C14H18O3. The van der Waals surface area contributed by atoms with Gasteiger partial charge in [0.15, 0.2) is 0 Å². The minimum atomic E-state index is -0.937. The maximum atomic E-state index is 10.7. The molecule has 1 N–H and O–H groups in total. The molecule has 3 heteroatoms. The van der Waals surface area contributed by atoms with E-state index in [1.807, 2.05) is 37.3 Å². The van der Waals surface area contributed by atoms with Crippen molar-refractivity contribution in [2.24, 2.45) is 0 Å². The van der Waals surface area contributed by atoms with Crippen molar-refractivity contribution in [2.75, 3.05) is 6.61 Å². The summed E-state index contributed by atoms with van der Waals surface area (Å²) in [6, 6.07) is 9.83. The van der Waals surface area contributed by atoms with Crippen molar-refractivity contribution < 1.29 is 14.6 Å². The fraction of sp³-hybridized carbons (Fsp3) is 0.357. The Hall–Kier alpha value is -1.61. The van der Waals surface area contributed by atoms with Gasteiger partial charge >= 0.3 is 5.97 Å². The van der Waals surface area contributed by atoms with E-state index in [1.54, 1.807) is 0 Å². The van der Waals surface area contributed by atoms with Crippen LogP contribution < -0.4 is 0 Å². The number of carboxylic acids is 1. The number of benzene rings is 1. The second kappa shape index (κ2) is 6.86. The molecule has 0 radical (unpaired) electrons. The van der Waals surface area contributed by atoms with Crippen molar-refractivity contribution in [3.8, 4) is 0 Å². The van der Waals surface area contributed by atoms with Gasteiger partial charge in [-0.25, -0.2) is 4.79 Å². The SMILES string of the molecule is C=C(CCC(OCC)c1ccccc1)C(=O)O. The van der Waals surface area contributed by atoms with Gasteiger partial charge in [0.05, 0.1) is 6.10 Å². The van der Waals surface area contributed by atoms with E-state index in [4.69, 9.17) is 9.84 Å². The zero-order valence-electron chi connectivity index (χ0n) is 10.1. The van der Waals surface area contributed by atoms with Crippen molar-refractivity contribution in [2.45, 2.75) is 25.9 Å². The first-order valence-electron chi connectivity index (χ1n) is 5.72. The third-order valence-electron chi connectivity index (χ3n) is 2.55. The minimum absolute atomic E-state index is 0.0581. The maximum Gasteiger partial charge on any atom is 0.330 e. The molecule has 0 aliphatic rings. The Bertz CT molecular complexity index is 370. The summed E-state index contributed by atoms with van der Waals surface area (Å²) < 4.78 is 5.62. The van der Waals surface area contributed by atoms with Crippen molar-refractivity contribution in [1.82, 2.24) is 0 Å². The second-order valence-corrected chi connectivity index (χ2v) is 3.80. The summed E-state index contributed by atoms with van der Waals surface area (Å²) in [5.74, 6) is -0.937. The summed E-state index contributed by atoms with van der Waals surface area (Å²) >= 11 is 0. The topological polar surface area (TPSA) is 46.5 Å². The van der Waals surface area contributed by atoms with Crippen LogP contribution in [0, 0.1) is 0 Å². The molecule has 0 bridgehead atoms. The van der Waals surface area contributed by atoms with Gasteiger partial charge in [-0.3, -0.25) is 0 Å². The number of carbonyl (C=O) groups is 1. The number of hydrogen-bond donors (Lipinski definition) is 1. The minimum Gasteiger partial charge on any atom is -0.478 e. The van der Waals surface area contributed by atoms with Crippen LogP contribution in [0.4, 0.5) is 0 Å². The number of carboxylic acid groups (broad SMARTS) is 1. The predicted octanol–water partition coefficient (Wildman–Crippen LogP) is 3.19. The molecular weight excluding hydrogens is 216 g/mol. The summed E-state index contributed by atoms with van der Waals surface area (Å²) in [7, 11) is 0. The van der Waals surface area contributed by atoms with E-state index in [-0.39, 0.29) is 11.7 Å². The average molecular weight is 234 g/mol. The number of hydrogen-bond acceptors (Lipinski definition) is 2. The Balaban J connectivity index is 2.61. The molecule has 1 aromatic carbocycles. The molecule has 0 heterocycles. The van der Waals surface area contributed by atoms with Crippen molar-refractivity contribution >= 4 is 5.97 Å². The van der Waals surface area contributed by atoms with Gasteiger partial charge in [0.2, 0.25) is 0 Å². The van der Waals surface area contributed by atoms with Crippen LogP contribution in [0.25, 0.3) is 0 Å². The Morgan fingerprint density at radius 3 is 2.59 bits per heavy atom. The largest absolute Gasteiger partial charge is 0.478 e. The standard InChI is InChI=1S/C14H18O3/c1-3-17-13(10-9-11(2)14(15)16)12-7-5-4-6-8-12/h4-8,13H,2-3,9-10H2,1H3,(H,15,16). The quantitative estimate of drug-likeness (QED) is 0.737. The van der Waals surface area contributed by atoms with Crippen LogP contribution in [-0.4, -0.2) is 17.7 Å². The van der Waals surface area contributed by atoms with Gasteiger partial charge in [-0.1, -0.05) is 36.9 Å². The third kappa shape index (κ3) is 4.41. The van der Waals surface area contributed by atoms with Gasteiger partial charge in [-0.05, 0) is 25.3 Å². The molecule has 0 saturated heterocycles. The van der Waals surface area contributed by atoms with Gasteiger partial charge < -0.3 is 9.84 Å². The fourth-order valence-electron chi connectivity index (χ4n) is 1.63. The molecule has 0 aliphatic carbocycles. The molecule has 0 fully saturated rings. The Kier molecular flexibility index (Phi) is 5.43. The maximum absolute atomic E-state index is 10.7. The van der Waals surface area contributed by atoms with Crippen molar-refractivity contribution in [1.29, 1.82) is 0 Å². The summed E-state index contributed by atoms with van der Waals surface area (Å²) in [6.07, 6.45) is 1.02. The van der Waals surface area contributed by atoms with E-state index < -0.39 is 5.97 Å². The lowest BCUT2D eigenvalue weighted by molar-refractivity contribution is -0.132. The Morgan fingerprint density at radius 2 is 2.06 bits per heavy atom. The van der Waals surface area contributed by atoms with E-state index in [0.29, 0.717) is 19.4 Å². The number of aliphatic carboxylic acids is 1. The van der Waals surface area contributed by atoms with Crippen LogP contribution >= 0.6 is 0 Å². The molecule has 1 atom stereocenters. The van der Waals surface area contributed by atoms with Crippen LogP contribution in [-0.2, 0) is 9.53 Å². The van der Waals surface area contributed by atoms with Gasteiger partial charge in [0.1, 0.15) is 0 Å². The van der Waals surface area contributed by atoms with Crippen LogP contribution in [0.1, 0.15) is 31.4 Å². The molecule has 92 valence electrons. The van der Waals surface area contributed by atoms with Gasteiger partial charge in [-0.2, -0.15) is 0 Å². The summed E-state index contributed by atoms with van der Waals surface area (Å²) in [5, 5.41) is 8.75. The molecule has 0 aromatic heterocycles. The zero-order chi connectivity index (χ0) is 12.7. The van der Waals surface area contributed by atoms with Crippen molar-refractivity contribution in [3.05, 3.63) is 48.0 Å². The predicted molar refractivity (Wildman–Crippen MR) is 66.8 cm³/mol. The van der Waals surface area contributed by atoms with Gasteiger partial charge in [-0.15, -0.1) is 0 Å². The van der Waals surface area contributed by atoms with Crippen LogP contribution in [0.5, 0.6) is 0 Å². The molecule has 0 spiro atoms. The first kappa shape index (κ1) is 13.5. The van der Waals surface area contributed by atoms with Gasteiger partial charge in [0, 0.05) is 12.2 Å². The fourth-order valence-corrected chi connectivity index (χ4v) is 1.63. The van der Waals surface area contributed by atoms with Crippen LogP contribution in [0.2, 0.25) is 0 Å². The number of ether oxygens (including phenoxy) is 1. The second-order valence-electron chi connectivity index (χ2n) is 3.80. The highest BCUT2D eigenvalue weighted by atomic mass is 16.5. The first-order valence-corrected chi connectivity index (χ1v) is 5.72. The zero-order valence-corrected chi connectivity index (χ0v) is 10.1. The summed E-state index contributed by atoms with van der Waals surface area (Å²) in [5.41, 5.74) is 1.30. The van der Waals surface area contributed by atoms with Crippen LogP contribution in [0.15, 0.2) is 42.5 Å². The van der Waals surface area contributed by atoms with Gasteiger partial charge in [0.25, 0.3) is 0 Å². The monoisotopic (exact) mass is 234 g/mol. The van der Waals surface area contributed by atoms with Crippen LogP contribution in [0.3, 0.4) is 0 Å². The smallest absolute Gasteiger partial charge is 0.330 e. The molecule has 1 rings (SSSR count). The van der Waals surface area contributed by atoms with E-state index in [9.17, 15) is 4.79 Å². The van der Waals surface area contributed by atoms with E-state index in [0.717, 1.165) is 5.56 Å². The lowest BCUT2D eigenvalue weighted by Crippen LogP contribution is -2.07. The van der Waals surface area contributed by atoms with E-state index >= 15 is 0 Å². The highest BCUT2D eigenvalue weighted by Gasteiger charge is 2.13. The van der Waals surface area contributed by atoms with Crippen molar-refractivity contribution in [3.63, 3.8) is 0 Å². The lowest BCUT2D eigenvalue weighted by Gasteiger charge is -2.17. The molecule has 1 aromatic rings. The van der Waals surface area contributed by atoms with E-state index in [1.165, 1.54) is 0 Å². The first-order chi connectivity index (χ1) is 8.15. The molecule has 0 amide bonds. The summed E-state index contributed by atoms with van der Waals surface area (Å²) in [4.78, 5) is 10.7.